The number of nitrogens with zero attached hydrogens (tertiary/aromatic N) is 4. The Labute approximate surface area is 110 Å². The van der Waals surface area contributed by atoms with Crippen molar-refractivity contribution in [3.63, 3.8) is 0 Å². The normalized spacial score (nSPS) is 10.9. The van der Waals surface area contributed by atoms with Crippen LogP contribution in [0.4, 0.5) is 0 Å². The summed E-state index contributed by atoms with van der Waals surface area (Å²) >= 11 is 6.12. The summed E-state index contributed by atoms with van der Waals surface area (Å²) in [4.78, 5) is 12.2. The van der Waals surface area contributed by atoms with Crippen LogP contribution in [0, 0.1) is 13.8 Å². The third-order valence-electron chi connectivity index (χ3n) is 3.14. The summed E-state index contributed by atoms with van der Waals surface area (Å²) < 4.78 is 3.26. The number of hydrogen-bond acceptors (Lipinski definition) is 3. The van der Waals surface area contributed by atoms with Crippen molar-refractivity contribution in [3.05, 3.63) is 33.9 Å². The van der Waals surface area contributed by atoms with Gasteiger partial charge in [0.05, 0.1) is 17.5 Å². The largest absolute Gasteiger partial charge is 0.294 e. The van der Waals surface area contributed by atoms with Crippen LogP contribution in [0.2, 0.25) is 5.15 Å². The number of carbonyl (C=O) groups is 1. The first-order chi connectivity index (χ1) is 8.41. The first-order valence-electron chi connectivity index (χ1n) is 5.61. The zero-order chi connectivity index (χ0) is 13.4. The lowest BCUT2D eigenvalue weighted by atomic mass is 10.0. The van der Waals surface area contributed by atoms with E-state index < -0.39 is 0 Å². The second kappa shape index (κ2) is 4.57. The molecule has 0 radical (unpaired) electrons. The van der Waals surface area contributed by atoms with Gasteiger partial charge in [-0.2, -0.15) is 10.2 Å². The van der Waals surface area contributed by atoms with Gasteiger partial charge in [-0.15, -0.1) is 0 Å². The van der Waals surface area contributed by atoms with Gasteiger partial charge in [-0.3, -0.25) is 14.2 Å². The quantitative estimate of drug-likeness (QED) is 0.797. The van der Waals surface area contributed by atoms with Crippen molar-refractivity contribution in [2.75, 3.05) is 0 Å². The minimum atomic E-state index is 0.0126. The van der Waals surface area contributed by atoms with Gasteiger partial charge >= 0.3 is 0 Å². The second-order valence-corrected chi connectivity index (χ2v) is 4.70. The van der Waals surface area contributed by atoms with Crippen LogP contribution in [0.3, 0.4) is 0 Å². The van der Waals surface area contributed by atoms with E-state index in [1.807, 2.05) is 20.9 Å². The Morgan fingerprint density at radius 2 is 2.00 bits per heavy atom. The number of halogens is 1. The van der Waals surface area contributed by atoms with Crippen LogP contribution >= 0.6 is 11.6 Å². The molecule has 0 amide bonds. The maximum atomic E-state index is 12.2. The number of ketones is 1. The van der Waals surface area contributed by atoms with E-state index in [4.69, 9.17) is 11.6 Å². The predicted octanol–water partition coefficient (Wildman–Crippen LogP) is 1.85. The highest BCUT2D eigenvalue weighted by Crippen LogP contribution is 2.21. The summed E-state index contributed by atoms with van der Waals surface area (Å²) in [6, 6.07) is 0. The lowest BCUT2D eigenvalue weighted by Crippen LogP contribution is -2.06. The third kappa shape index (κ3) is 2.06. The third-order valence-corrected chi connectivity index (χ3v) is 3.62. The highest BCUT2D eigenvalue weighted by molar-refractivity contribution is 6.30. The van der Waals surface area contributed by atoms with Crippen molar-refractivity contribution >= 4 is 17.4 Å². The van der Waals surface area contributed by atoms with Gasteiger partial charge in [0, 0.05) is 31.8 Å². The molecule has 0 fully saturated rings. The fraction of sp³-hybridized carbons (Fsp3) is 0.417. The zero-order valence-electron chi connectivity index (χ0n) is 10.9. The van der Waals surface area contributed by atoms with Gasteiger partial charge in [-0.1, -0.05) is 11.6 Å². The summed E-state index contributed by atoms with van der Waals surface area (Å²) in [5.74, 6) is 0.0126. The van der Waals surface area contributed by atoms with Gasteiger partial charge in [0.2, 0.25) is 0 Å². The van der Waals surface area contributed by atoms with Crippen molar-refractivity contribution in [2.24, 2.45) is 14.1 Å². The average Bonchev–Trinajstić information content (AvgIpc) is 2.75. The summed E-state index contributed by atoms with van der Waals surface area (Å²) in [6.45, 7) is 3.72. The first-order valence-corrected chi connectivity index (χ1v) is 5.99. The Hall–Kier alpha value is -1.62. The maximum Gasteiger partial charge on any atom is 0.170 e. The number of carbonyl (C=O) groups excluding carboxylic acids is 1. The van der Waals surface area contributed by atoms with E-state index in [0.717, 1.165) is 17.0 Å². The topological polar surface area (TPSA) is 52.7 Å². The van der Waals surface area contributed by atoms with Crippen LogP contribution < -0.4 is 0 Å². The van der Waals surface area contributed by atoms with Crippen molar-refractivity contribution in [2.45, 2.75) is 20.3 Å². The van der Waals surface area contributed by atoms with Crippen molar-refractivity contribution in [1.29, 1.82) is 0 Å². The van der Waals surface area contributed by atoms with Gasteiger partial charge in [-0.05, 0) is 13.8 Å². The highest BCUT2D eigenvalue weighted by Gasteiger charge is 2.18. The number of hydrogen-bond donors (Lipinski definition) is 0. The van der Waals surface area contributed by atoms with E-state index >= 15 is 0 Å². The molecule has 0 unspecified atom stereocenters. The molecule has 2 rings (SSSR count). The molecule has 0 saturated heterocycles. The molecule has 0 N–H and O–H groups in total. The minimum Gasteiger partial charge on any atom is -0.294 e. The van der Waals surface area contributed by atoms with Crippen molar-refractivity contribution in [1.82, 2.24) is 19.6 Å². The first kappa shape index (κ1) is 12.8. The Bertz CT molecular complexity index is 612. The SMILES string of the molecule is Cc1nn(C)c(Cl)c1CC(=O)c1cnn(C)c1C. The number of Topliss-reactive ketones (excluding diaryl/α,β-unsaturated/α-hetero) is 1. The highest BCUT2D eigenvalue weighted by atomic mass is 35.5. The molecule has 0 spiro atoms. The van der Waals surface area contributed by atoms with Crippen molar-refractivity contribution in [3.8, 4) is 0 Å². The van der Waals surface area contributed by atoms with Crippen LogP contribution in [0.1, 0.15) is 27.3 Å². The molecular weight excluding hydrogens is 252 g/mol. The number of aromatic nitrogens is 4. The fourth-order valence-electron chi connectivity index (χ4n) is 1.90. The molecule has 0 aliphatic rings. The monoisotopic (exact) mass is 266 g/mol. The molecule has 0 bridgehead atoms. The molecule has 96 valence electrons. The van der Waals surface area contributed by atoms with E-state index in [-0.39, 0.29) is 12.2 Å². The summed E-state index contributed by atoms with van der Waals surface area (Å²) in [5.41, 5.74) is 3.07. The van der Waals surface area contributed by atoms with Gasteiger partial charge in [0.25, 0.3) is 0 Å². The van der Waals surface area contributed by atoms with E-state index in [1.54, 1.807) is 22.6 Å². The predicted molar refractivity (Wildman–Crippen MR) is 68.9 cm³/mol. The maximum absolute atomic E-state index is 12.2. The smallest absolute Gasteiger partial charge is 0.170 e. The van der Waals surface area contributed by atoms with Gasteiger partial charge < -0.3 is 0 Å². The van der Waals surface area contributed by atoms with E-state index in [1.165, 1.54) is 0 Å². The average molecular weight is 267 g/mol. The molecule has 0 aliphatic carbocycles. The number of rotatable bonds is 3. The van der Waals surface area contributed by atoms with Gasteiger partial charge in [0.1, 0.15) is 5.15 Å². The summed E-state index contributed by atoms with van der Waals surface area (Å²) in [5, 5.41) is 8.78. The summed E-state index contributed by atoms with van der Waals surface area (Å²) in [6.07, 6.45) is 1.85. The molecule has 2 heterocycles. The van der Waals surface area contributed by atoms with Gasteiger partial charge in [0.15, 0.2) is 5.78 Å². The molecule has 5 nitrogen and oxygen atoms in total. The van der Waals surface area contributed by atoms with Crippen LogP contribution in [0.5, 0.6) is 0 Å². The van der Waals surface area contributed by atoms with E-state index in [0.29, 0.717) is 10.7 Å². The lowest BCUT2D eigenvalue weighted by Gasteiger charge is -2.01. The molecule has 2 aromatic heterocycles. The van der Waals surface area contributed by atoms with Crippen LogP contribution in [-0.2, 0) is 20.5 Å². The molecule has 18 heavy (non-hydrogen) atoms. The van der Waals surface area contributed by atoms with Crippen LogP contribution in [-0.4, -0.2) is 25.3 Å². The molecule has 0 saturated carbocycles. The van der Waals surface area contributed by atoms with Crippen LogP contribution in [0.25, 0.3) is 0 Å². The molecule has 0 atom stereocenters. The summed E-state index contributed by atoms with van der Waals surface area (Å²) in [7, 11) is 3.58. The minimum absolute atomic E-state index is 0.0126. The molecule has 2 aromatic rings. The Morgan fingerprint density at radius 3 is 2.44 bits per heavy atom. The second-order valence-electron chi connectivity index (χ2n) is 4.35. The number of aryl methyl sites for hydroxylation is 3. The molecule has 6 heteroatoms. The Morgan fingerprint density at radius 1 is 1.33 bits per heavy atom. The molecule has 0 aromatic carbocycles. The van der Waals surface area contributed by atoms with Gasteiger partial charge in [-0.25, -0.2) is 0 Å². The fourth-order valence-corrected chi connectivity index (χ4v) is 2.14. The Kier molecular flexibility index (Phi) is 3.26. The Balaban J connectivity index is 2.30. The lowest BCUT2D eigenvalue weighted by molar-refractivity contribution is 0.0992. The van der Waals surface area contributed by atoms with Crippen molar-refractivity contribution < 1.29 is 4.79 Å². The van der Waals surface area contributed by atoms with E-state index in [9.17, 15) is 4.79 Å². The standard InChI is InChI=1S/C12H15ClN4O/c1-7-9(12(13)17(4)15-7)5-11(18)10-6-14-16(3)8(10)2/h6H,5H2,1-4H3. The van der Waals surface area contributed by atoms with E-state index in [2.05, 4.69) is 10.2 Å². The zero-order valence-corrected chi connectivity index (χ0v) is 11.6. The molecule has 0 aliphatic heterocycles. The van der Waals surface area contributed by atoms with Crippen LogP contribution in [0.15, 0.2) is 6.20 Å². The molecular formula is C12H15ClN4O.